The van der Waals surface area contributed by atoms with E-state index in [0.29, 0.717) is 22.8 Å². The van der Waals surface area contributed by atoms with Crippen molar-refractivity contribution >= 4 is 29.3 Å². The standard InChI is InChI=1S/C28H36ClN3O4.C2HF3O2/c1-34-24-7-6-19(16-25(24)35-2)28-11-8-22(31-27(33)30-21-5-3-4-20(29)17-21)18-26(28)32(13-12-28)23-9-14-36-15-10-23;3-2(4,5)1(6)7/h3-7,16-17,22-23,26H,8-15,18H2,1-2H3,(H2,30,31,33);(H,6,7)/t22-,26+,28+;/m1./s1. The fourth-order valence-electron chi connectivity index (χ4n) is 6.57. The molecule has 2 heterocycles. The molecule has 1 saturated carbocycles. The van der Waals surface area contributed by atoms with E-state index >= 15 is 0 Å². The number of alkyl halides is 3. The Morgan fingerprint density at radius 1 is 1.05 bits per heavy atom. The SMILES string of the molecule is COc1ccc([C@@]23CC[C@@H](NC(=O)Nc4cccc(Cl)c4)C[C@@H]2N(C2CCOCC2)CC3)cc1OC.O=C(O)C(F)(F)F. The second-order valence-electron chi connectivity index (χ2n) is 11.0. The summed E-state index contributed by atoms with van der Waals surface area (Å²) in [7, 11) is 3.37. The van der Waals surface area contributed by atoms with Gasteiger partial charge in [-0.2, -0.15) is 13.2 Å². The van der Waals surface area contributed by atoms with E-state index in [1.807, 2.05) is 18.2 Å². The molecule has 3 N–H and O–H groups in total. The van der Waals surface area contributed by atoms with Crippen LogP contribution in [0.25, 0.3) is 0 Å². The van der Waals surface area contributed by atoms with Crippen LogP contribution < -0.4 is 20.1 Å². The van der Waals surface area contributed by atoms with Crippen LogP contribution in [0.5, 0.6) is 11.5 Å². The number of aliphatic carboxylic acids is 1. The summed E-state index contributed by atoms with van der Waals surface area (Å²) in [5.74, 6) is -1.23. The minimum atomic E-state index is -5.08. The van der Waals surface area contributed by atoms with Gasteiger partial charge in [0.2, 0.25) is 0 Å². The molecule has 3 atom stereocenters. The second kappa shape index (κ2) is 14.0. The molecule has 0 spiro atoms. The number of urea groups is 1. The lowest BCUT2D eigenvalue weighted by Crippen LogP contribution is -2.55. The van der Waals surface area contributed by atoms with Crippen LogP contribution >= 0.6 is 11.6 Å². The Labute approximate surface area is 253 Å². The Hall–Kier alpha value is -3.22. The van der Waals surface area contributed by atoms with Crippen LogP contribution in [0.4, 0.5) is 23.7 Å². The average Bonchev–Trinajstić information content (AvgIpc) is 3.37. The van der Waals surface area contributed by atoms with Gasteiger partial charge in [0.05, 0.1) is 14.2 Å². The third kappa shape index (κ3) is 7.84. The van der Waals surface area contributed by atoms with E-state index < -0.39 is 12.1 Å². The lowest BCUT2D eigenvalue weighted by atomic mass is 9.65. The molecule has 2 aliphatic heterocycles. The monoisotopic (exact) mass is 627 g/mol. The molecule has 2 aromatic rings. The highest BCUT2D eigenvalue weighted by Gasteiger charge is 2.53. The number of hydrogen-bond acceptors (Lipinski definition) is 6. The van der Waals surface area contributed by atoms with Crippen LogP contribution in [0, 0.1) is 0 Å². The van der Waals surface area contributed by atoms with E-state index in [1.165, 1.54) is 5.56 Å². The Balaban J connectivity index is 0.000000541. The highest BCUT2D eigenvalue weighted by atomic mass is 35.5. The number of rotatable bonds is 6. The maximum atomic E-state index is 12.8. The maximum Gasteiger partial charge on any atom is 0.490 e. The zero-order valence-corrected chi connectivity index (χ0v) is 24.8. The van der Waals surface area contributed by atoms with Gasteiger partial charge >= 0.3 is 18.2 Å². The number of anilines is 1. The molecule has 3 aliphatic rings. The Kier molecular flexibility index (Phi) is 10.7. The third-order valence-corrected chi connectivity index (χ3v) is 8.81. The summed E-state index contributed by atoms with van der Waals surface area (Å²) < 4.78 is 48.6. The maximum absolute atomic E-state index is 12.8. The van der Waals surface area contributed by atoms with Crippen molar-refractivity contribution in [3.63, 3.8) is 0 Å². The lowest BCUT2D eigenvalue weighted by Gasteiger charge is -2.47. The minimum absolute atomic E-state index is 0.0272. The summed E-state index contributed by atoms with van der Waals surface area (Å²) in [6.07, 6.45) is 0.989. The second-order valence-corrected chi connectivity index (χ2v) is 11.4. The molecule has 2 saturated heterocycles. The molecule has 9 nitrogen and oxygen atoms in total. The number of fused-ring (bicyclic) bond motifs is 1. The molecule has 2 aromatic carbocycles. The third-order valence-electron chi connectivity index (χ3n) is 8.58. The van der Waals surface area contributed by atoms with Gasteiger partial charge in [-0.15, -0.1) is 0 Å². The van der Waals surface area contributed by atoms with Gasteiger partial charge < -0.3 is 30.0 Å². The molecular weight excluding hydrogens is 591 g/mol. The zero-order chi connectivity index (χ0) is 31.2. The topological polar surface area (TPSA) is 109 Å². The summed E-state index contributed by atoms with van der Waals surface area (Å²) in [6, 6.07) is 14.4. The normalized spacial score (nSPS) is 24.2. The first-order valence-corrected chi connectivity index (χ1v) is 14.5. The van der Waals surface area contributed by atoms with E-state index in [1.54, 1.807) is 26.4 Å². The van der Waals surface area contributed by atoms with Crippen molar-refractivity contribution < 1.29 is 42.1 Å². The van der Waals surface area contributed by atoms with Crippen LogP contribution in [-0.2, 0) is 14.9 Å². The van der Waals surface area contributed by atoms with Crippen molar-refractivity contribution in [2.75, 3.05) is 39.3 Å². The molecule has 1 aliphatic carbocycles. The lowest BCUT2D eigenvalue weighted by molar-refractivity contribution is -0.192. The molecular formula is C30H37ClF3N3O6. The molecule has 0 aromatic heterocycles. The van der Waals surface area contributed by atoms with E-state index in [-0.39, 0.29) is 17.5 Å². The quantitative estimate of drug-likeness (QED) is 0.368. The van der Waals surface area contributed by atoms with Crippen LogP contribution in [0.1, 0.15) is 44.1 Å². The number of hydrogen-bond donors (Lipinski definition) is 3. The van der Waals surface area contributed by atoms with Gasteiger partial charge in [0.1, 0.15) is 0 Å². The number of carbonyl (C=O) groups is 2. The summed E-state index contributed by atoms with van der Waals surface area (Å²) in [5.41, 5.74) is 2.03. The van der Waals surface area contributed by atoms with Gasteiger partial charge in [0.25, 0.3) is 0 Å². The fraction of sp³-hybridized carbons (Fsp3) is 0.533. The van der Waals surface area contributed by atoms with Crippen LogP contribution in [-0.4, -0.2) is 80.3 Å². The molecule has 0 unspecified atom stereocenters. The number of carboxylic acids is 1. The fourth-order valence-corrected chi connectivity index (χ4v) is 6.76. The summed E-state index contributed by atoms with van der Waals surface area (Å²) in [5, 5.41) is 13.9. The summed E-state index contributed by atoms with van der Waals surface area (Å²) in [6.45, 7) is 2.70. The Morgan fingerprint density at radius 2 is 1.74 bits per heavy atom. The number of methoxy groups -OCH3 is 2. The smallest absolute Gasteiger partial charge is 0.490 e. The number of halogens is 4. The van der Waals surface area contributed by atoms with Gasteiger partial charge in [-0.05, 0) is 81.0 Å². The predicted molar refractivity (Wildman–Crippen MR) is 155 cm³/mol. The van der Waals surface area contributed by atoms with E-state index in [4.69, 9.17) is 35.7 Å². The van der Waals surface area contributed by atoms with Crippen molar-refractivity contribution in [2.24, 2.45) is 0 Å². The van der Waals surface area contributed by atoms with E-state index in [0.717, 1.165) is 69.8 Å². The van der Waals surface area contributed by atoms with E-state index in [9.17, 15) is 18.0 Å². The molecule has 0 radical (unpaired) electrons. The Bertz CT molecular complexity index is 1280. The predicted octanol–water partition coefficient (Wildman–Crippen LogP) is 5.86. The number of carboxylic acid groups (broad SMARTS) is 1. The number of nitrogens with zero attached hydrogens (tertiary/aromatic N) is 1. The number of amides is 2. The van der Waals surface area contributed by atoms with Crippen molar-refractivity contribution in [1.29, 1.82) is 0 Å². The Morgan fingerprint density at radius 3 is 2.37 bits per heavy atom. The van der Waals surface area contributed by atoms with Crippen molar-refractivity contribution in [3.05, 3.63) is 53.1 Å². The number of carbonyl (C=O) groups excluding carboxylic acids is 1. The molecule has 236 valence electrons. The first kappa shape index (κ1) is 32.7. The molecule has 3 fully saturated rings. The molecule has 5 rings (SSSR count). The molecule has 0 bridgehead atoms. The van der Waals surface area contributed by atoms with Gasteiger partial charge in [-0.25, -0.2) is 9.59 Å². The molecule has 2 amide bonds. The van der Waals surface area contributed by atoms with Crippen molar-refractivity contribution in [3.8, 4) is 11.5 Å². The van der Waals surface area contributed by atoms with Crippen LogP contribution in [0.15, 0.2) is 42.5 Å². The van der Waals surface area contributed by atoms with Gasteiger partial charge in [-0.3, -0.25) is 4.90 Å². The van der Waals surface area contributed by atoms with Crippen LogP contribution in [0.3, 0.4) is 0 Å². The molecule has 43 heavy (non-hydrogen) atoms. The van der Waals surface area contributed by atoms with Crippen molar-refractivity contribution in [1.82, 2.24) is 10.2 Å². The number of benzene rings is 2. The first-order chi connectivity index (χ1) is 20.5. The average molecular weight is 628 g/mol. The summed E-state index contributed by atoms with van der Waals surface area (Å²) >= 11 is 6.08. The largest absolute Gasteiger partial charge is 0.493 e. The number of likely N-dealkylation sites (tertiary alicyclic amines) is 1. The highest BCUT2D eigenvalue weighted by Crippen LogP contribution is 2.51. The highest BCUT2D eigenvalue weighted by molar-refractivity contribution is 6.30. The van der Waals surface area contributed by atoms with Gasteiger partial charge in [0.15, 0.2) is 11.5 Å². The first-order valence-electron chi connectivity index (χ1n) is 14.2. The van der Waals surface area contributed by atoms with Gasteiger partial charge in [0, 0.05) is 47.5 Å². The number of nitrogens with one attached hydrogen (secondary N) is 2. The van der Waals surface area contributed by atoms with Crippen molar-refractivity contribution in [2.45, 2.75) is 68.2 Å². The zero-order valence-electron chi connectivity index (χ0n) is 24.1. The van der Waals surface area contributed by atoms with E-state index in [2.05, 4.69) is 27.7 Å². The molecule has 13 heteroatoms. The van der Waals surface area contributed by atoms with Gasteiger partial charge in [-0.1, -0.05) is 23.7 Å². The minimum Gasteiger partial charge on any atom is -0.493 e. The van der Waals surface area contributed by atoms with Crippen LogP contribution in [0.2, 0.25) is 5.02 Å². The number of ether oxygens (including phenoxy) is 3. The summed E-state index contributed by atoms with van der Waals surface area (Å²) in [4.78, 5) is 24.5.